The van der Waals surface area contributed by atoms with Crippen LogP contribution >= 0.6 is 0 Å². The lowest BCUT2D eigenvalue weighted by molar-refractivity contribution is -0.122. The summed E-state index contributed by atoms with van der Waals surface area (Å²) in [4.78, 5) is 12.0. The fourth-order valence-corrected chi connectivity index (χ4v) is 2.68. The summed E-state index contributed by atoms with van der Waals surface area (Å²) in [7, 11) is 0. The Bertz CT molecular complexity index is 466. The van der Waals surface area contributed by atoms with Gasteiger partial charge in [0.2, 0.25) is 5.91 Å². The van der Waals surface area contributed by atoms with Crippen molar-refractivity contribution in [1.82, 2.24) is 5.32 Å². The average molecular weight is 261 g/mol. The topological polar surface area (TPSA) is 49.3 Å². The van der Waals surface area contributed by atoms with Gasteiger partial charge in [-0.2, -0.15) is 0 Å². The fraction of sp³-hybridized carbons (Fsp3) is 0.562. The van der Waals surface area contributed by atoms with E-state index in [0.717, 1.165) is 12.0 Å². The van der Waals surface area contributed by atoms with Crippen LogP contribution in [0.3, 0.4) is 0 Å². The van der Waals surface area contributed by atoms with Gasteiger partial charge in [0, 0.05) is 12.1 Å². The highest BCUT2D eigenvalue weighted by Crippen LogP contribution is 2.23. The number of nitrogens with one attached hydrogen (secondary N) is 1. The number of hydrogen-bond acceptors (Lipinski definition) is 2. The van der Waals surface area contributed by atoms with Crippen molar-refractivity contribution in [2.75, 3.05) is 6.61 Å². The van der Waals surface area contributed by atoms with Crippen LogP contribution in [-0.4, -0.2) is 23.2 Å². The van der Waals surface area contributed by atoms with Gasteiger partial charge in [0.15, 0.2) is 0 Å². The van der Waals surface area contributed by atoms with E-state index < -0.39 is 0 Å². The lowest BCUT2D eigenvalue weighted by Gasteiger charge is -2.25. The van der Waals surface area contributed by atoms with Crippen molar-refractivity contribution >= 4 is 5.91 Å². The normalized spacial score (nSPS) is 14.3. The van der Waals surface area contributed by atoms with Crippen molar-refractivity contribution in [3.05, 3.63) is 34.9 Å². The SMILES string of the molecule is CC(C)(CCO)NC(=O)Cc1ccc2c(c1)CCC2. The Morgan fingerprint density at radius 2 is 2.05 bits per heavy atom. The summed E-state index contributed by atoms with van der Waals surface area (Å²) in [6.07, 6.45) is 4.53. The molecule has 1 aromatic rings. The molecule has 0 aliphatic heterocycles. The Balaban J connectivity index is 1.96. The molecule has 1 amide bonds. The minimum atomic E-state index is -0.345. The zero-order chi connectivity index (χ0) is 13.9. The summed E-state index contributed by atoms with van der Waals surface area (Å²) in [5.41, 5.74) is 3.57. The van der Waals surface area contributed by atoms with E-state index in [0.29, 0.717) is 12.8 Å². The second kappa shape index (κ2) is 5.74. The van der Waals surface area contributed by atoms with Crippen LogP contribution in [0.15, 0.2) is 18.2 Å². The van der Waals surface area contributed by atoms with Gasteiger partial charge in [-0.1, -0.05) is 18.2 Å². The van der Waals surface area contributed by atoms with E-state index in [4.69, 9.17) is 5.11 Å². The van der Waals surface area contributed by atoms with E-state index in [1.165, 1.54) is 24.0 Å². The third-order valence-electron chi connectivity index (χ3n) is 3.74. The standard InChI is InChI=1S/C16H23NO2/c1-16(2,8-9-18)17-15(19)11-12-6-7-13-4-3-5-14(13)10-12/h6-7,10,18H,3-5,8-9,11H2,1-2H3,(H,17,19). The first kappa shape index (κ1) is 14.1. The van der Waals surface area contributed by atoms with Crippen molar-refractivity contribution in [3.8, 4) is 0 Å². The molecule has 0 saturated carbocycles. The van der Waals surface area contributed by atoms with Gasteiger partial charge in [-0.15, -0.1) is 0 Å². The smallest absolute Gasteiger partial charge is 0.224 e. The van der Waals surface area contributed by atoms with Gasteiger partial charge in [0.25, 0.3) is 0 Å². The van der Waals surface area contributed by atoms with Crippen LogP contribution in [0.25, 0.3) is 0 Å². The van der Waals surface area contributed by atoms with E-state index in [2.05, 4.69) is 23.5 Å². The van der Waals surface area contributed by atoms with Crippen LogP contribution in [0.5, 0.6) is 0 Å². The molecule has 0 bridgehead atoms. The fourth-order valence-electron chi connectivity index (χ4n) is 2.68. The highest BCUT2D eigenvalue weighted by atomic mass is 16.3. The Morgan fingerprint density at radius 1 is 1.32 bits per heavy atom. The van der Waals surface area contributed by atoms with Crippen LogP contribution in [0.1, 0.15) is 43.4 Å². The quantitative estimate of drug-likeness (QED) is 0.851. The highest BCUT2D eigenvalue weighted by Gasteiger charge is 2.20. The second-order valence-electron chi connectivity index (χ2n) is 6.04. The van der Waals surface area contributed by atoms with Crippen LogP contribution in [-0.2, 0) is 24.1 Å². The van der Waals surface area contributed by atoms with Gasteiger partial charge in [-0.05, 0) is 56.2 Å². The molecule has 0 radical (unpaired) electrons. The lowest BCUT2D eigenvalue weighted by atomic mass is 10.00. The molecule has 19 heavy (non-hydrogen) atoms. The molecule has 0 atom stereocenters. The monoisotopic (exact) mass is 261 g/mol. The van der Waals surface area contributed by atoms with Gasteiger partial charge >= 0.3 is 0 Å². The number of aliphatic hydroxyl groups is 1. The average Bonchev–Trinajstić information content (AvgIpc) is 2.74. The first-order valence-corrected chi connectivity index (χ1v) is 7.03. The van der Waals surface area contributed by atoms with Gasteiger partial charge in [0.1, 0.15) is 0 Å². The lowest BCUT2D eigenvalue weighted by Crippen LogP contribution is -2.44. The Hall–Kier alpha value is -1.35. The molecule has 0 aromatic heterocycles. The van der Waals surface area contributed by atoms with Crippen molar-refractivity contribution in [2.45, 2.75) is 51.5 Å². The number of hydrogen-bond donors (Lipinski definition) is 2. The molecular weight excluding hydrogens is 238 g/mol. The first-order valence-electron chi connectivity index (χ1n) is 7.03. The number of rotatable bonds is 5. The second-order valence-corrected chi connectivity index (χ2v) is 6.04. The molecular formula is C16H23NO2. The zero-order valence-electron chi connectivity index (χ0n) is 11.8. The van der Waals surface area contributed by atoms with E-state index in [1.54, 1.807) is 0 Å². The molecule has 104 valence electrons. The summed E-state index contributed by atoms with van der Waals surface area (Å²) >= 11 is 0. The highest BCUT2D eigenvalue weighted by molar-refractivity contribution is 5.79. The van der Waals surface area contributed by atoms with Gasteiger partial charge in [-0.25, -0.2) is 0 Å². The number of benzene rings is 1. The van der Waals surface area contributed by atoms with Crippen LogP contribution in [0.4, 0.5) is 0 Å². The van der Waals surface area contributed by atoms with Crippen molar-refractivity contribution in [2.24, 2.45) is 0 Å². The van der Waals surface area contributed by atoms with Crippen LogP contribution in [0.2, 0.25) is 0 Å². The van der Waals surface area contributed by atoms with Crippen LogP contribution in [0, 0.1) is 0 Å². The summed E-state index contributed by atoms with van der Waals surface area (Å²) in [5.74, 6) is 0.0244. The molecule has 0 fully saturated rings. The summed E-state index contributed by atoms with van der Waals surface area (Å²) in [6.45, 7) is 3.96. The zero-order valence-corrected chi connectivity index (χ0v) is 11.8. The maximum Gasteiger partial charge on any atom is 0.224 e. The molecule has 1 aliphatic rings. The van der Waals surface area contributed by atoms with E-state index in [1.807, 2.05) is 13.8 Å². The Kier molecular flexibility index (Phi) is 4.25. The third-order valence-corrected chi connectivity index (χ3v) is 3.74. The largest absolute Gasteiger partial charge is 0.396 e. The van der Waals surface area contributed by atoms with Gasteiger partial charge < -0.3 is 10.4 Å². The molecule has 2 rings (SSSR count). The molecule has 2 N–H and O–H groups in total. The number of aryl methyl sites for hydroxylation is 2. The molecule has 0 unspecified atom stereocenters. The number of carbonyl (C=O) groups is 1. The maximum atomic E-state index is 12.0. The molecule has 3 heteroatoms. The minimum absolute atomic E-state index is 0.0244. The van der Waals surface area contributed by atoms with Crippen molar-refractivity contribution < 1.29 is 9.90 Å². The number of fused-ring (bicyclic) bond motifs is 1. The van der Waals surface area contributed by atoms with E-state index in [9.17, 15) is 4.79 Å². The molecule has 1 aliphatic carbocycles. The number of amides is 1. The predicted octanol–water partition coefficient (Wildman–Crippen LogP) is 2.00. The van der Waals surface area contributed by atoms with E-state index in [-0.39, 0.29) is 18.1 Å². The Labute approximate surface area is 115 Å². The first-order chi connectivity index (χ1) is 9.00. The van der Waals surface area contributed by atoms with Crippen molar-refractivity contribution in [1.29, 1.82) is 0 Å². The van der Waals surface area contributed by atoms with Crippen LogP contribution < -0.4 is 5.32 Å². The molecule has 0 heterocycles. The number of carbonyl (C=O) groups excluding carboxylic acids is 1. The summed E-state index contributed by atoms with van der Waals surface area (Å²) in [6, 6.07) is 6.38. The summed E-state index contributed by atoms with van der Waals surface area (Å²) < 4.78 is 0. The Morgan fingerprint density at radius 3 is 2.79 bits per heavy atom. The van der Waals surface area contributed by atoms with Gasteiger partial charge in [-0.3, -0.25) is 4.79 Å². The molecule has 3 nitrogen and oxygen atoms in total. The molecule has 1 aromatic carbocycles. The van der Waals surface area contributed by atoms with E-state index >= 15 is 0 Å². The number of aliphatic hydroxyl groups excluding tert-OH is 1. The third kappa shape index (κ3) is 3.80. The molecule has 0 spiro atoms. The van der Waals surface area contributed by atoms with Gasteiger partial charge in [0.05, 0.1) is 6.42 Å². The predicted molar refractivity (Wildman–Crippen MR) is 76.1 cm³/mol. The van der Waals surface area contributed by atoms with Crippen molar-refractivity contribution in [3.63, 3.8) is 0 Å². The minimum Gasteiger partial charge on any atom is -0.396 e. The maximum absolute atomic E-state index is 12.0. The summed E-state index contributed by atoms with van der Waals surface area (Å²) in [5, 5.41) is 11.9. The molecule has 0 saturated heterocycles.